The second-order valence-corrected chi connectivity index (χ2v) is 7.90. The van der Waals surface area contributed by atoms with Gasteiger partial charge in [0.15, 0.2) is 5.78 Å². The second kappa shape index (κ2) is 6.74. The van der Waals surface area contributed by atoms with Crippen molar-refractivity contribution >= 4 is 5.78 Å². The van der Waals surface area contributed by atoms with E-state index in [0.29, 0.717) is 23.8 Å². The molecule has 1 fully saturated rings. The number of carbonyl (C=O) groups excluding carboxylic acids is 1. The van der Waals surface area contributed by atoms with Crippen molar-refractivity contribution in [3.05, 3.63) is 34.9 Å². The number of hydrogen-bond donors (Lipinski definition) is 2. The van der Waals surface area contributed by atoms with Gasteiger partial charge in [-0.3, -0.25) is 4.79 Å². The van der Waals surface area contributed by atoms with Crippen LogP contribution in [-0.4, -0.2) is 28.2 Å². The summed E-state index contributed by atoms with van der Waals surface area (Å²) in [6, 6.07) is 0. The molecule has 2 rings (SSSR count). The van der Waals surface area contributed by atoms with Gasteiger partial charge in [-0.15, -0.1) is 0 Å². The summed E-state index contributed by atoms with van der Waals surface area (Å²) in [7, 11) is 0. The minimum Gasteiger partial charge on any atom is -0.388 e. The fraction of sp³-hybridized carbons (Fsp3) is 0.650. The first-order valence-corrected chi connectivity index (χ1v) is 8.56. The molecular formula is C20H30O3. The van der Waals surface area contributed by atoms with E-state index in [-0.39, 0.29) is 11.2 Å². The van der Waals surface area contributed by atoms with Gasteiger partial charge in [0.25, 0.3) is 0 Å². The molecule has 0 saturated heterocycles. The summed E-state index contributed by atoms with van der Waals surface area (Å²) in [4.78, 5) is 12.2. The normalized spacial score (nSPS) is 42.2. The van der Waals surface area contributed by atoms with Crippen LogP contribution in [0, 0.1) is 17.3 Å². The maximum absolute atomic E-state index is 12.2. The lowest BCUT2D eigenvalue weighted by atomic mass is 9.98. The van der Waals surface area contributed by atoms with Gasteiger partial charge in [-0.2, -0.15) is 0 Å². The Bertz CT molecular complexity index is 565. The molecular weight excluding hydrogens is 288 g/mol. The van der Waals surface area contributed by atoms with E-state index in [1.54, 1.807) is 6.92 Å². The fourth-order valence-corrected chi connectivity index (χ4v) is 3.65. The van der Waals surface area contributed by atoms with Gasteiger partial charge >= 0.3 is 0 Å². The number of aliphatic hydroxyl groups is 2. The van der Waals surface area contributed by atoms with Crippen molar-refractivity contribution in [2.75, 3.05) is 0 Å². The number of hydrogen-bond acceptors (Lipinski definition) is 3. The summed E-state index contributed by atoms with van der Waals surface area (Å²) in [5.41, 5.74) is 2.85. The first-order valence-electron chi connectivity index (χ1n) is 8.56. The minimum atomic E-state index is -1.10. The number of carbonyl (C=O) groups is 1. The fourth-order valence-electron chi connectivity index (χ4n) is 3.65. The van der Waals surface area contributed by atoms with E-state index in [4.69, 9.17) is 0 Å². The van der Waals surface area contributed by atoms with Gasteiger partial charge in [0.05, 0.1) is 6.10 Å². The molecule has 0 radical (unpaired) electrons. The Hall–Kier alpha value is -1.19. The lowest BCUT2D eigenvalue weighted by molar-refractivity contribution is -0.120. The zero-order chi connectivity index (χ0) is 17.4. The molecule has 0 heterocycles. The van der Waals surface area contributed by atoms with Crippen LogP contribution in [0.25, 0.3) is 0 Å². The first-order chi connectivity index (χ1) is 10.6. The third-order valence-corrected chi connectivity index (χ3v) is 5.72. The molecule has 2 aliphatic carbocycles. The van der Waals surface area contributed by atoms with Crippen molar-refractivity contribution in [3.63, 3.8) is 0 Å². The van der Waals surface area contributed by atoms with Gasteiger partial charge in [0.1, 0.15) is 6.10 Å². The molecule has 0 aromatic carbocycles. The zero-order valence-corrected chi connectivity index (χ0v) is 15.0. The number of aliphatic hydroxyl groups excluding tert-OH is 2. The van der Waals surface area contributed by atoms with E-state index < -0.39 is 12.2 Å². The molecule has 0 spiro atoms. The van der Waals surface area contributed by atoms with Gasteiger partial charge in [0, 0.05) is 0 Å². The van der Waals surface area contributed by atoms with Crippen LogP contribution in [0.3, 0.4) is 0 Å². The Labute approximate surface area is 139 Å². The molecule has 0 bridgehead atoms. The lowest BCUT2D eigenvalue weighted by Gasteiger charge is -2.13. The monoisotopic (exact) mass is 318 g/mol. The van der Waals surface area contributed by atoms with Gasteiger partial charge in [-0.05, 0) is 74.5 Å². The Balaban J connectivity index is 2.30. The largest absolute Gasteiger partial charge is 0.388 e. The van der Waals surface area contributed by atoms with Crippen molar-refractivity contribution < 1.29 is 15.0 Å². The molecule has 2 N–H and O–H groups in total. The quantitative estimate of drug-likeness (QED) is 0.671. The molecule has 0 aliphatic heterocycles. The van der Waals surface area contributed by atoms with Crippen molar-refractivity contribution in [3.8, 4) is 0 Å². The average Bonchev–Trinajstić information content (AvgIpc) is 3.00. The molecule has 4 unspecified atom stereocenters. The number of allylic oxidation sites excluding steroid dienone is 2. The maximum atomic E-state index is 12.2. The highest BCUT2D eigenvalue weighted by atomic mass is 16.3. The molecule has 3 nitrogen and oxygen atoms in total. The van der Waals surface area contributed by atoms with Gasteiger partial charge < -0.3 is 10.2 Å². The highest BCUT2D eigenvalue weighted by Crippen LogP contribution is 2.61. The van der Waals surface area contributed by atoms with Crippen LogP contribution in [0.2, 0.25) is 0 Å². The van der Waals surface area contributed by atoms with Crippen LogP contribution in [0.4, 0.5) is 0 Å². The molecule has 0 aromatic rings. The number of rotatable bonds is 0. The topological polar surface area (TPSA) is 57.5 Å². The maximum Gasteiger partial charge on any atom is 0.188 e. The Morgan fingerprint density at radius 3 is 2.43 bits per heavy atom. The van der Waals surface area contributed by atoms with Crippen molar-refractivity contribution in [2.45, 2.75) is 66.1 Å². The van der Waals surface area contributed by atoms with Crippen LogP contribution < -0.4 is 0 Å². The Morgan fingerprint density at radius 2 is 1.78 bits per heavy atom. The number of ketones is 1. The summed E-state index contributed by atoms with van der Waals surface area (Å²) >= 11 is 0. The molecule has 4 atom stereocenters. The van der Waals surface area contributed by atoms with Crippen LogP contribution in [0.15, 0.2) is 34.9 Å². The molecule has 2 aliphatic rings. The predicted octanol–water partition coefficient (Wildman–Crippen LogP) is 3.57. The first kappa shape index (κ1) is 18.2. The Kier molecular flexibility index (Phi) is 5.32. The number of fused-ring (bicyclic) bond motifs is 1. The van der Waals surface area contributed by atoms with Crippen LogP contribution in [0.5, 0.6) is 0 Å². The second-order valence-electron chi connectivity index (χ2n) is 7.90. The standard InChI is InChI=1S/C20H30O3/c1-12-6-8-15-16(20(15,4)5)10-14(3)19(23)18(22)11-13(2)17(21)9-7-12/h7,10-11,15-17,19,21,23H,6,8-9H2,1-5H3/b12-7-,13-11-,14-10-. The van der Waals surface area contributed by atoms with E-state index in [1.807, 2.05) is 6.92 Å². The molecule has 128 valence electrons. The van der Waals surface area contributed by atoms with E-state index in [2.05, 4.69) is 32.9 Å². The van der Waals surface area contributed by atoms with Crippen LogP contribution in [-0.2, 0) is 4.79 Å². The minimum absolute atomic E-state index is 0.232. The van der Waals surface area contributed by atoms with E-state index in [9.17, 15) is 15.0 Å². The molecule has 3 heteroatoms. The Morgan fingerprint density at radius 1 is 1.13 bits per heavy atom. The summed E-state index contributed by atoms with van der Waals surface area (Å²) in [6.07, 6.45) is 6.43. The highest BCUT2D eigenvalue weighted by Gasteiger charge is 2.55. The van der Waals surface area contributed by atoms with Crippen LogP contribution in [0.1, 0.15) is 53.9 Å². The smallest absolute Gasteiger partial charge is 0.188 e. The predicted molar refractivity (Wildman–Crippen MR) is 92.9 cm³/mol. The third kappa shape index (κ3) is 4.02. The lowest BCUT2D eigenvalue weighted by Crippen LogP contribution is -2.21. The SMILES string of the molecule is C/C1=C/CC(O)/C(C)=C\C(=O)C(O)/C(C)=C\C2C(CC1)C2(C)C. The highest BCUT2D eigenvalue weighted by molar-refractivity contribution is 5.96. The molecule has 1 saturated carbocycles. The summed E-state index contributed by atoms with van der Waals surface area (Å²) in [5.74, 6) is 0.674. The van der Waals surface area contributed by atoms with E-state index in [1.165, 1.54) is 11.6 Å². The van der Waals surface area contributed by atoms with Crippen molar-refractivity contribution in [2.24, 2.45) is 17.3 Å². The van der Waals surface area contributed by atoms with Gasteiger partial charge in [-0.1, -0.05) is 31.6 Å². The third-order valence-electron chi connectivity index (χ3n) is 5.72. The van der Waals surface area contributed by atoms with E-state index in [0.717, 1.165) is 18.4 Å². The summed E-state index contributed by atoms with van der Waals surface area (Å²) in [6.45, 7) is 10.2. The zero-order valence-electron chi connectivity index (χ0n) is 15.0. The van der Waals surface area contributed by atoms with Gasteiger partial charge in [-0.25, -0.2) is 0 Å². The van der Waals surface area contributed by atoms with Crippen molar-refractivity contribution in [1.29, 1.82) is 0 Å². The molecule has 0 amide bonds. The molecule has 23 heavy (non-hydrogen) atoms. The molecule has 0 aromatic heterocycles. The van der Waals surface area contributed by atoms with Gasteiger partial charge in [0.2, 0.25) is 0 Å². The van der Waals surface area contributed by atoms with E-state index >= 15 is 0 Å². The summed E-state index contributed by atoms with van der Waals surface area (Å²) in [5, 5.41) is 20.4. The average molecular weight is 318 g/mol. The van der Waals surface area contributed by atoms with Crippen molar-refractivity contribution in [1.82, 2.24) is 0 Å². The summed E-state index contributed by atoms with van der Waals surface area (Å²) < 4.78 is 0. The van der Waals surface area contributed by atoms with Crippen LogP contribution >= 0.6 is 0 Å².